The predicted molar refractivity (Wildman–Crippen MR) is 199 cm³/mol. The summed E-state index contributed by atoms with van der Waals surface area (Å²) in [5.74, 6) is 0. The van der Waals surface area contributed by atoms with E-state index in [0.29, 0.717) is 11.3 Å². The van der Waals surface area contributed by atoms with E-state index in [1.54, 1.807) is 0 Å². The molecule has 0 radical (unpaired) electrons. The fraction of sp³-hybridized carbons (Fsp3) is 0.351. The average molecular weight is 613 g/mol. The summed E-state index contributed by atoms with van der Waals surface area (Å²) in [4.78, 5) is 8.72. The highest BCUT2D eigenvalue weighted by Crippen LogP contribution is 2.48. The van der Waals surface area contributed by atoms with Gasteiger partial charge in [-0.1, -0.05) is 62.4 Å². The van der Waals surface area contributed by atoms with Crippen LogP contribution in [-0.2, 0) is 0 Å². The molecule has 0 spiro atoms. The van der Waals surface area contributed by atoms with Crippen LogP contribution in [0.4, 0.5) is 22.7 Å². The molecule has 0 aliphatic heterocycles. The summed E-state index contributed by atoms with van der Waals surface area (Å²) in [6, 6.07) is 37.2. The Balaban J connectivity index is 1.70. The molecule has 0 aliphatic carbocycles. The van der Waals surface area contributed by atoms with Crippen molar-refractivity contribution in [2.24, 2.45) is 0 Å². The molecule has 4 rings (SSSR count). The topological polar surface area (TPSA) is 13.0 Å². The lowest BCUT2D eigenvalue weighted by Gasteiger charge is -2.32. The number of rotatable bonds is 12. The Labute approximate surface area is 263 Å². The van der Waals surface area contributed by atoms with Gasteiger partial charge >= 0.3 is 0 Å². The van der Waals surface area contributed by atoms with E-state index >= 15 is 0 Å². The number of anilines is 4. The Morgan fingerprint density at radius 1 is 0.372 bits per heavy atom. The normalized spacial score (nSPS) is 12.7. The van der Waals surface area contributed by atoms with Gasteiger partial charge in [0.15, 0.2) is 0 Å². The Kier molecular flexibility index (Phi) is 11.2. The van der Waals surface area contributed by atoms with Crippen LogP contribution in [0.2, 0.25) is 0 Å². The summed E-state index contributed by atoms with van der Waals surface area (Å²) in [6.45, 7) is 4.97. The third-order valence-electron chi connectivity index (χ3n) is 8.14. The lowest BCUT2D eigenvalue weighted by Crippen LogP contribution is -2.26. The van der Waals surface area contributed by atoms with Gasteiger partial charge in [-0.25, -0.2) is 0 Å². The molecule has 0 saturated heterocycles. The van der Waals surface area contributed by atoms with Crippen LogP contribution in [0.3, 0.4) is 0 Å². The van der Waals surface area contributed by atoms with Crippen LogP contribution >= 0.6 is 15.8 Å². The van der Waals surface area contributed by atoms with Crippen molar-refractivity contribution in [1.29, 1.82) is 0 Å². The Hall–Kier alpha value is -3.06. The highest BCUT2D eigenvalue weighted by Gasteiger charge is 2.28. The highest BCUT2D eigenvalue weighted by atomic mass is 31.1. The minimum atomic E-state index is -0.538. The van der Waals surface area contributed by atoms with Crippen molar-refractivity contribution in [3.05, 3.63) is 97.1 Å². The minimum Gasteiger partial charge on any atom is -0.378 e. The van der Waals surface area contributed by atoms with Crippen LogP contribution in [0.15, 0.2) is 97.1 Å². The molecule has 4 nitrogen and oxygen atoms in total. The monoisotopic (exact) mass is 612 g/mol. The second kappa shape index (κ2) is 14.6. The summed E-state index contributed by atoms with van der Waals surface area (Å²) in [6.07, 6.45) is 1.16. The number of benzene rings is 4. The second-order valence-electron chi connectivity index (χ2n) is 12.3. The molecule has 0 heterocycles. The van der Waals surface area contributed by atoms with Crippen molar-refractivity contribution in [2.45, 2.75) is 31.6 Å². The molecule has 2 atom stereocenters. The molecule has 43 heavy (non-hydrogen) atoms. The maximum Gasteiger partial charge on any atom is 0.0361 e. The molecule has 0 fully saturated rings. The molecule has 2 unspecified atom stereocenters. The van der Waals surface area contributed by atoms with Crippen molar-refractivity contribution in [3.8, 4) is 0 Å². The van der Waals surface area contributed by atoms with E-state index in [1.807, 2.05) is 0 Å². The molecule has 0 N–H and O–H groups in total. The highest BCUT2D eigenvalue weighted by molar-refractivity contribution is 7.74. The first-order valence-electron chi connectivity index (χ1n) is 15.1. The van der Waals surface area contributed by atoms with Crippen molar-refractivity contribution in [1.82, 2.24) is 0 Å². The van der Waals surface area contributed by atoms with Gasteiger partial charge < -0.3 is 19.6 Å². The molecular weight excluding hydrogens is 562 g/mol. The van der Waals surface area contributed by atoms with Crippen molar-refractivity contribution in [3.63, 3.8) is 0 Å². The van der Waals surface area contributed by atoms with E-state index < -0.39 is 15.8 Å². The first kappa shape index (κ1) is 32.8. The van der Waals surface area contributed by atoms with Crippen LogP contribution in [0.25, 0.3) is 0 Å². The van der Waals surface area contributed by atoms with E-state index in [-0.39, 0.29) is 0 Å². The summed E-state index contributed by atoms with van der Waals surface area (Å²) < 4.78 is 0. The zero-order valence-electron chi connectivity index (χ0n) is 27.8. The second-order valence-corrected chi connectivity index (χ2v) is 17.6. The van der Waals surface area contributed by atoms with E-state index in [2.05, 4.69) is 187 Å². The van der Waals surface area contributed by atoms with Crippen LogP contribution in [0.5, 0.6) is 0 Å². The number of hydrogen-bond acceptors (Lipinski definition) is 4. The molecule has 0 aromatic heterocycles. The van der Waals surface area contributed by atoms with Gasteiger partial charge in [-0.05, 0) is 103 Å². The molecule has 4 aromatic rings. The third kappa shape index (κ3) is 8.11. The third-order valence-corrected chi connectivity index (χ3v) is 13.7. The summed E-state index contributed by atoms with van der Waals surface area (Å²) in [5, 5.41) is 5.81. The summed E-state index contributed by atoms with van der Waals surface area (Å²) in [5.41, 5.74) is 6.02. The van der Waals surface area contributed by atoms with Gasteiger partial charge in [-0.15, -0.1) is 0 Å². The Bertz CT molecular complexity index is 1200. The van der Waals surface area contributed by atoms with Crippen LogP contribution in [-0.4, -0.2) is 67.7 Å². The quantitative estimate of drug-likeness (QED) is 0.166. The Morgan fingerprint density at radius 2 is 0.558 bits per heavy atom. The maximum absolute atomic E-state index is 2.49. The zero-order chi connectivity index (χ0) is 31.3. The fourth-order valence-corrected chi connectivity index (χ4v) is 11.4. The molecule has 4 aromatic carbocycles. The zero-order valence-corrected chi connectivity index (χ0v) is 29.6. The Morgan fingerprint density at radius 3 is 0.721 bits per heavy atom. The van der Waals surface area contributed by atoms with Crippen LogP contribution < -0.4 is 40.8 Å². The van der Waals surface area contributed by atoms with Gasteiger partial charge in [-0.3, -0.25) is 0 Å². The molecule has 6 heteroatoms. The minimum absolute atomic E-state index is 0.521. The molecule has 0 bridgehead atoms. The molecule has 0 aliphatic rings. The smallest absolute Gasteiger partial charge is 0.0361 e. The van der Waals surface area contributed by atoms with Gasteiger partial charge in [0.25, 0.3) is 0 Å². The van der Waals surface area contributed by atoms with E-state index in [0.717, 1.165) is 6.42 Å². The predicted octanol–water partition coefficient (Wildman–Crippen LogP) is 6.68. The van der Waals surface area contributed by atoms with Crippen molar-refractivity contribution in [2.75, 3.05) is 76.0 Å². The van der Waals surface area contributed by atoms with E-state index in [4.69, 9.17) is 0 Å². The lowest BCUT2D eigenvalue weighted by atomic mass is 10.2. The molecule has 0 saturated carbocycles. The van der Waals surface area contributed by atoms with Crippen LogP contribution in [0.1, 0.15) is 20.3 Å². The fourth-order valence-electron chi connectivity index (χ4n) is 5.67. The van der Waals surface area contributed by atoms with Crippen molar-refractivity contribution >= 4 is 59.8 Å². The first-order valence-corrected chi connectivity index (χ1v) is 18.0. The van der Waals surface area contributed by atoms with Crippen LogP contribution in [0, 0.1) is 0 Å². The van der Waals surface area contributed by atoms with Crippen molar-refractivity contribution < 1.29 is 0 Å². The number of nitrogens with zero attached hydrogens (tertiary/aromatic N) is 4. The van der Waals surface area contributed by atoms with Gasteiger partial charge in [-0.2, -0.15) is 0 Å². The lowest BCUT2D eigenvalue weighted by molar-refractivity contribution is 0.793. The van der Waals surface area contributed by atoms with Gasteiger partial charge in [0.05, 0.1) is 0 Å². The van der Waals surface area contributed by atoms with E-state index in [9.17, 15) is 0 Å². The standard InChI is InChI=1S/C37H50N4P2/c1-28(42(34-19-11-30(12-20-34)38(3)4)35-21-13-31(14-22-35)39(5)6)27-29(2)43(36-23-15-32(16-24-36)40(7)8)37-25-17-33(18-26-37)41(9)10/h11-26,28-29H,27H2,1-10H3. The van der Waals surface area contributed by atoms with Gasteiger partial charge in [0.1, 0.15) is 0 Å². The SMILES string of the molecule is CC(CC(C)P(c1ccc(N(C)C)cc1)c1ccc(N(C)C)cc1)P(c1ccc(N(C)C)cc1)c1ccc(N(C)C)cc1. The average Bonchev–Trinajstić information content (AvgIpc) is 2.98. The molecule has 0 amide bonds. The number of hydrogen-bond donors (Lipinski definition) is 0. The maximum atomic E-state index is 2.49. The summed E-state index contributed by atoms with van der Waals surface area (Å²) in [7, 11) is 15.8. The van der Waals surface area contributed by atoms with Gasteiger partial charge in [0.2, 0.25) is 0 Å². The molecular formula is C37H50N4P2. The molecule has 228 valence electrons. The summed E-state index contributed by atoms with van der Waals surface area (Å²) >= 11 is 0. The van der Waals surface area contributed by atoms with Gasteiger partial charge in [0, 0.05) is 79.1 Å². The first-order chi connectivity index (χ1) is 20.5. The van der Waals surface area contributed by atoms with E-state index in [1.165, 1.54) is 44.0 Å². The largest absolute Gasteiger partial charge is 0.378 e.